The first-order chi connectivity index (χ1) is 15.8. The van der Waals surface area contributed by atoms with Gasteiger partial charge in [-0.15, -0.1) is 0 Å². The maximum Gasteiger partial charge on any atom is 0.282 e. The maximum atomic E-state index is 13.7. The largest absolute Gasteiger partial charge is 0.494 e. The Labute approximate surface area is 198 Å². The first-order valence-corrected chi connectivity index (χ1v) is 11.2. The lowest BCUT2D eigenvalue weighted by atomic mass is 10.0. The van der Waals surface area contributed by atoms with Crippen LogP contribution in [-0.4, -0.2) is 18.4 Å². The molecule has 3 aromatic carbocycles. The highest BCUT2D eigenvalue weighted by Crippen LogP contribution is 2.37. The van der Waals surface area contributed by atoms with Gasteiger partial charge in [0.05, 0.1) is 17.9 Å². The molecule has 1 aliphatic rings. The highest BCUT2D eigenvalue weighted by atomic mass is 35.5. The summed E-state index contributed by atoms with van der Waals surface area (Å²) in [6.45, 7) is 8.19. The molecule has 0 aromatic heterocycles. The fourth-order valence-electron chi connectivity index (χ4n) is 3.87. The standard InChI is InChI=1S/C27H25ClN2O3/c1-5-33-20-14-12-19(13-15-20)24-25(29-22-10-7-9-21(28)18(22)4)27(32)30(26(24)31)23-11-6-8-16(2)17(23)3/h6-15,29H,5H2,1-4H3. The Morgan fingerprint density at radius 3 is 2.27 bits per heavy atom. The number of carbonyl (C=O) groups is 2. The highest BCUT2D eigenvalue weighted by molar-refractivity contribution is 6.46. The molecule has 1 N–H and O–H groups in total. The first kappa shape index (κ1) is 22.6. The number of rotatable bonds is 6. The van der Waals surface area contributed by atoms with Crippen molar-refractivity contribution >= 4 is 40.4 Å². The van der Waals surface area contributed by atoms with Gasteiger partial charge in [0.15, 0.2) is 0 Å². The van der Waals surface area contributed by atoms with E-state index in [0.717, 1.165) is 16.7 Å². The van der Waals surface area contributed by atoms with Gasteiger partial charge >= 0.3 is 0 Å². The Hall–Kier alpha value is -3.57. The van der Waals surface area contributed by atoms with Gasteiger partial charge in [-0.1, -0.05) is 41.9 Å². The van der Waals surface area contributed by atoms with Crippen LogP contribution in [0.25, 0.3) is 5.57 Å². The van der Waals surface area contributed by atoms with Crippen molar-refractivity contribution in [3.8, 4) is 5.75 Å². The van der Waals surface area contributed by atoms with Gasteiger partial charge in [-0.2, -0.15) is 0 Å². The van der Waals surface area contributed by atoms with Crippen LogP contribution in [0.1, 0.15) is 29.2 Å². The molecule has 0 aliphatic carbocycles. The first-order valence-electron chi connectivity index (χ1n) is 10.8. The van der Waals surface area contributed by atoms with E-state index in [1.165, 1.54) is 4.90 Å². The van der Waals surface area contributed by atoms with Gasteiger partial charge in [0.1, 0.15) is 11.4 Å². The van der Waals surface area contributed by atoms with E-state index in [0.29, 0.717) is 39.9 Å². The molecule has 33 heavy (non-hydrogen) atoms. The molecule has 5 nitrogen and oxygen atoms in total. The van der Waals surface area contributed by atoms with Crippen LogP contribution in [0.5, 0.6) is 5.75 Å². The molecule has 0 saturated heterocycles. The molecular weight excluding hydrogens is 436 g/mol. The van der Waals surface area contributed by atoms with Gasteiger partial charge in [-0.3, -0.25) is 9.59 Å². The van der Waals surface area contributed by atoms with Crippen molar-refractivity contribution in [1.82, 2.24) is 0 Å². The predicted molar refractivity (Wildman–Crippen MR) is 133 cm³/mol. The third-order valence-electron chi connectivity index (χ3n) is 5.88. The van der Waals surface area contributed by atoms with E-state index in [9.17, 15) is 9.59 Å². The molecule has 0 bridgehead atoms. The van der Waals surface area contributed by atoms with Crippen molar-refractivity contribution in [1.29, 1.82) is 0 Å². The zero-order valence-corrected chi connectivity index (χ0v) is 19.8. The Morgan fingerprint density at radius 1 is 0.879 bits per heavy atom. The van der Waals surface area contributed by atoms with Crippen molar-refractivity contribution in [3.63, 3.8) is 0 Å². The average molecular weight is 461 g/mol. The summed E-state index contributed by atoms with van der Waals surface area (Å²) in [6, 6.07) is 18.2. The molecule has 0 spiro atoms. The van der Waals surface area contributed by atoms with Crippen LogP contribution in [0.3, 0.4) is 0 Å². The van der Waals surface area contributed by atoms with Gasteiger partial charge in [-0.05, 0) is 80.3 Å². The number of halogens is 1. The molecule has 0 unspecified atom stereocenters. The number of hydrogen-bond donors (Lipinski definition) is 1. The number of carbonyl (C=O) groups excluding carboxylic acids is 2. The smallest absolute Gasteiger partial charge is 0.282 e. The average Bonchev–Trinajstić information content (AvgIpc) is 3.04. The maximum absolute atomic E-state index is 13.7. The topological polar surface area (TPSA) is 58.6 Å². The van der Waals surface area contributed by atoms with Crippen LogP contribution in [0.4, 0.5) is 11.4 Å². The summed E-state index contributed by atoms with van der Waals surface area (Å²) in [4.78, 5) is 28.6. The number of nitrogens with one attached hydrogen (secondary N) is 1. The van der Waals surface area contributed by atoms with Crippen LogP contribution < -0.4 is 15.0 Å². The van der Waals surface area contributed by atoms with Crippen molar-refractivity contribution < 1.29 is 14.3 Å². The molecular formula is C27H25ClN2O3. The monoisotopic (exact) mass is 460 g/mol. The quantitative estimate of drug-likeness (QED) is 0.454. The summed E-state index contributed by atoms with van der Waals surface area (Å²) in [7, 11) is 0. The van der Waals surface area contributed by atoms with Crippen LogP contribution in [0, 0.1) is 20.8 Å². The Bertz CT molecular complexity index is 1280. The van der Waals surface area contributed by atoms with E-state index >= 15 is 0 Å². The molecule has 4 rings (SSSR count). The number of amides is 2. The number of anilines is 2. The molecule has 0 atom stereocenters. The molecule has 3 aromatic rings. The Balaban J connectivity index is 1.85. The van der Waals surface area contributed by atoms with E-state index in [1.807, 2.05) is 45.9 Å². The minimum absolute atomic E-state index is 0.218. The fourth-order valence-corrected chi connectivity index (χ4v) is 4.05. The SMILES string of the molecule is CCOc1ccc(C2=C(Nc3cccc(Cl)c3C)C(=O)N(c3cccc(C)c3C)C2=O)cc1. The number of hydrogen-bond acceptors (Lipinski definition) is 4. The molecule has 2 amide bonds. The summed E-state index contributed by atoms with van der Waals surface area (Å²) in [5, 5.41) is 3.78. The zero-order chi connectivity index (χ0) is 23.7. The van der Waals surface area contributed by atoms with Crippen LogP contribution in [-0.2, 0) is 9.59 Å². The number of aryl methyl sites for hydroxylation is 1. The normalized spacial score (nSPS) is 13.7. The summed E-state index contributed by atoms with van der Waals surface area (Å²) in [6.07, 6.45) is 0. The minimum atomic E-state index is -0.406. The Morgan fingerprint density at radius 2 is 1.58 bits per heavy atom. The predicted octanol–water partition coefficient (Wildman–Crippen LogP) is 6.06. The molecule has 168 valence electrons. The second-order valence-corrected chi connectivity index (χ2v) is 8.32. The molecule has 0 radical (unpaired) electrons. The van der Waals surface area contributed by atoms with Crippen LogP contribution in [0.15, 0.2) is 66.4 Å². The second-order valence-electron chi connectivity index (χ2n) is 7.91. The van der Waals surface area contributed by atoms with Crippen LogP contribution >= 0.6 is 11.6 Å². The summed E-state index contributed by atoms with van der Waals surface area (Å²) in [5.41, 5.74) is 5.08. The number of benzene rings is 3. The van der Waals surface area contributed by atoms with Gasteiger partial charge in [0.2, 0.25) is 0 Å². The molecule has 1 aliphatic heterocycles. The lowest BCUT2D eigenvalue weighted by molar-refractivity contribution is -0.120. The number of imide groups is 1. The van der Waals surface area contributed by atoms with E-state index in [2.05, 4.69) is 5.32 Å². The van der Waals surface area contributed by atoms with Gasteiger partial charge in [-0.25, -0.2) is 4.90 Å². The zero-order valence-electron chi connectivity index (χ0n) is 19.0. The Kier molecular flexibility index (Phi) is 6.25. The van der Waals surface area contributed by atoms with Crippen molar-refractivity contribution in [3.05, 3.63) is 93.6 Å². The van der Waals surface area contributed by atoms with E-state index < -0.39 is 5.91 Å². The van der Waals surface area contributed by atoms with Gasteiger partial charge < -0.3 is 10.1 Å². The van der Waals surface area contributed by atoms with Crippen molar-refractivity contribution in [2.75, 3.05) is 16.8 Å². The van der Waals surface area contributed by atoms with Gasteiger partial charge in [0.25, 0.3) is 11.8 Å². The fraction of sp³-hybridized carbons (Fsp3) is 0.185. The lowest BCUT2D eigenvalue weighted by Gasteiger charge is -2.19. The summed E-state index contributed by atoms with van der Waals surface area (Å²) in [5.74, 6) is -0.0813. The third kappa shape index (κ3) is 4.12. The molecule has 1 heterocycles. The van der Waals surface area contributed by atoms with Gasteiger partial charge in [0, 0.05) is 10.7 Å². The van der Waals surface area contributed by atoms with Crippen molar-refractivity contribution in [2.45, 2.75) is 27.7 Å². The number of nitrogens with zero attached hydrogens (tertiary/aromatic N) is 1. The van der Waals surface area contributed by atoms with E-state index in [4.69, 9.17) is 16.3 Å². The summed E-state index contributed by atoms with van der Waals surface area (Å²) < 4.78 is 5.53. The van der Waals surface area contributed by atoms with Crippen LogP contribution in [0.2, 0.25) is 5.02 Å². The summed E-state index contributed by atoms with van der Waals surface area (Å²) >= 11 is 6.30. The van der Waals surface area contributed by atoms with E-state index in [1.54, 1.807) is 42.5 Å². The third-order valence-corrected chi connectivity index (χ3v) is 6.29. The molecule has 0 saturated carbocycles. The second kappa shape index (κ2) is 9.12. The minimum Gasteiger partial charge on any atom is -0.494 e. The molecule has 6 heteroatoms. The highest BCUT2D eigenvalue weighted by Gasteiger charge is 2.41. The van der Waals surface area contributed by atoms with E-state index in [-0.39, 0.29) is 11.6 Å². The number of ether oxygens (including phenoxy) is 1. The lowest BCUT2D eigenvalue weighted by Crippen LogP contribution is -2.33. The molecule has 0 fully saturated rings. The van der Waals surface area contributed by atoms with Crippen molar-refractivity contribution in [2.24, 2.45) is 0 Å².